The van der Waals surface area contributed by atoms with Crippen molar-refractivity contribution in [3.63, 3.8) is 0 Å². The van der Waals surface area contributed by atoms with E-state index in [1.54, 1.807) is 0 Å². The molecule has 0 radical (unpaired) electrons. The number of hydrogen-bond acceptors (Lipinski definition) is 5. The Morgan fingerprint density at radius 1 is 1.45 bits per heavy atom. The van der Waals surface area contributed by atoms with Crippen molar-refractivity contribution in [2.75, 3.05) is 37.4 Å². The van der Waals surface area contributed by atoms with Crippen molar-refractivity contribution >= 4 is 27.7 Å². The first-order chi connectivity index (χ1) is 10.6. The van der Waals surface area contributed by atoms with Crippen LogP contribution in [0.5, 0.6) is 5.88 Å². The molecule has 6 nitrogen and oxygen atoms in total. The standard InChI is InChI=1S/C15H23BrN4O2/c1-19(2)13-7-8-14(18-17-13)22-12-5-4-10-20(11-12)15(21)6-3-9-16/h7-8,12H,3-6,9-11H2,1-2H3. The highest BCUT2D eigenvalue weighted by Crippen LogP contribution is 2.18. The molecule has 1 aromatic heterocycles. The van der Waals surface area contributed by atoms with Crippen LogP contribution in [0.4, 0.5) is 5.82 Å². The number of nitrogens with zero attached hydrogens (tertiary/aromatic N) is 4. The number of amides is 1. The van der Waals surface area contributed by atoms with Gasteiger partial charge in [0.15, 0.2) is 5.82 Å². The van der Waals surface area contributed by atoms with Gasteiger partial charge in [0.25, 0.3) is 0 Å². The lowest BCUT2D eigenvalue weighted by Crippen LogP contribution is -2.44. The topological polar surface area (TPSA) is 58.6 Å². The van der Waals surface area contributed by atoms with Crippen molar-refractivity contribution in [1.29, 1.82) is 0 Å². The predicted octanol–water partition coefficient (Wildman–Crippen LogP) is 2.09. The van der Waals surface area contributed by atoms with Gasteiger partial charge in [-0.15, -0.1) is 10.2 Å². The van der Waals surface area contributed by atoms with E-state index in [9.17, 15) is 4.79 Å². The van der Waals surface area contributed by atoms with Crippen molar-refractivity contribution in [1.82, 2.24) is 15.1 Å². The average Bonchev–Trinajstić information content (AvgIpc) is 2.53. The summed E-state index contributed by atoms with van der Waals surface area (Å²) < 4.78 is 5.88. The highest BCUT2D eigenvalue weighted by atomic mass is 79.9. The van der Waals surface area contributed by atoms with E-state index in [2.05, 4.69) is 26.1 Å². The molecule has 122 valence electrons. The minimum absolute atomic E-state index is 0.00109. The summed E-state index contributed by atoms with van der Waals surface area (Å²) in [6.45, 7) is 1.46. The van der Waals surface area contributed by atoms with Crippen molar-refractivity contribution in [2.45, 2.75) is 31.8 Å². The lowest BCUT2D eigenvalue weighted by Gasteiger charge is -2.32. The number of piperidine rings is 1. The summed E-state index contributed by atoms with van der Waals surface area (Å²) in [4.78, 5) is 15.9. The zero-order valence-electron chi connectivity index (χ0n) is 13.2. The second-order valence-electron chi connectivity index (χ2n) is 5.64. The van der Waals surface area contributed by atoms with Gasteiger partial charge in [0.1, 0.15) is 6.10 Å². The predicted molar refractivity (Wildman–Crippen MR) is 89.6 cm³/mol. The number of hydrogen-bond donors (Lipinski definition) is 0. The van der Waals surface area contributed by atoms with Crippen molar-refractivity contribution in [3.05, 3.63) is 12.1 Å². The quantitative estimate of drug-likeness (QED) is 0.717. The van der Waals surface area contributed by atoms with Crippen LogP contribution < -0.4 is 9.64 Å². The van der Waals surface area contributed by atoms with Gasteiger partial charge in [-0.05, 0) is 25.3 Å². The van der Waals surface area contributed by atoms with E-state index in [1.807, 2.05) is 36.0 Å². The molecule has 0 saturated carbocycles. The number of rotatable bonds is 6. The van der Waals surface area contributed by atoms with Gasteiger partial charge in [-0.1, -0.05) is 15.9 Å². The molecule has 1 aliphatic heterocycles. The number of likely N-dealkylation sites (tertiary alicyclic amines) is 1. The first-order valence-electron chi connectivity index (χ1n) is 7.61. The maximum Gasteiger partial charge on any atom is 0.233 e. The van der Waals surface area contributed by atoms with E-state index in [0.29, 0.717) is 18.8 Å². The van der Waals surface area contributed by atoms with Gasteiger partial charge in [0.2, 0.25) is 11.8 Å². The Balaban J connectivity index is 1.88. The largest absolute Gasteiger partial charge is 0.471 e. The number of carbonyl (C=O) groups is 1. The van der Waals surface area contributed by atoms with E-state index in [0.717, 1.165) is 37.0 Å². The molecule has 1 aromatic rings. The zero-order chi connectivity index (χ0) is 15.9. The maximum atomic E-state index is 12.1. The normalized spacial score (nSPS) is 18.1. The number of anilines is 1. The van der Waals surface area contributed by atoms with Crippen LogP contribution in [0, 0.1) is 0 Å². The first kappa shape index (κ1) is 17.0. The Morgan fingerprint density at radius 2 is 2.27 bits per heavy atom. The molecular weight excluding hydrogens is 348 g/mol. The molecule has 1 atom stereocenters. The average molecular weight is 371 g/mol. The van der Waals surface area contributed by atoms with Gasteiger partial charge in [-0.2, -0.15) is 0 Å². The summed E-state index contributed by atoms with van der Waals surface area (Å²) in [5.74, 6) is 1.52. The molecule has 0 N–H and O–H groups in total. The number of aromatic nitrogens is 2. The van der Waals surface area contributed by atoms with Crippen molar-refractivity contribution in [3.8, 4) is 5.88 Å². The van der Waals surface area contributed by atoms with E-state index in [-0.39, 0.29) is 12.0 Å². The zero-order valence-corrected chi connectivity index (χ0v) is 14.8. The Hall–Kier alpha value is -1.37. The van der Waals surface area contributed by atoms with Crippen molar-refractivity contribution in [2.24, 2.45) is 0 Å². The Labute approximate surface area is 140 Å². The number of alkyl halides is 1. The molecule has 2 rings (SSSR count). The minimum atomic E-state index is 0.00109. The van der Waals surface area contributed by atoms with E-state index in [4.69, 9.17) is 4.74 Å². The summed E-state index contributed by atoms with van der Waals surface area (Å²) in [6, 6.07) is 3.71. The van der Waals surface area contributed by atoms with Gasteiger partial charge in [0.05, 0.1) is 6.54 Å². The lowest BCUT2D eigenvalue weighted by atomic mass is 10.1. The molecule has 2 heterocycles. The summed E-state index contributed by atoms with van der Waals surface area (Å²) >= 11 is 3.36. The Morgan fingerprint density at radius 3 is 2.91 bits per heavy atom. The molecule has 0 aromatic carbocycles. The van der Waals surface area contributed by atoms with Crippen LogP contribution >= 0.6 is 15.9 Å². The number of carbonyl (C=O) groups excluding carboxylic acids is 1. The molecule has 0 bridgehead atoms. The summed E-state index contributed by atoms with van der Waals surface area (Å²) in [5.41, 5.74) is 0. The third-order valence-corrected chi connectivity index (χ3v) is 4.19. The van der Waals surface area contributed by atoms with Gasteiger partial charge < -0.3 is 14.5 Å². The Kier molecular flexibility index (Phi) is 6.42. The molecule has 0 aliphatic carbocycles. The van der Waals surface area contributed by atoms with Crippen LogP contribution in [0.3, 0.4) is 0 Å². The molecule has 7 heteroatoms. The van der Waals surface area contributed by atoms with Gasteiger partial charge in [-0.25, -0.2) is 0 Å². The van der Waals surface area contributed by atoms with Crippen molar-refractivity contribution < 1.29 is 9.53 Å². The molecule has 22 heavy (non-hydrogen) atoms. The minimum Gasteiger partial charge on any atom is -0.471 e. The summed E-state index contributed by atoms with van der Waals surface area (Å²) in [6.07, 6.45) is 3.38. The van der Waals surface area contributed by atoms with E-state index < -0.39 is 0 Å². The maximum absolute atomic E-state index is 12.1. The number of ether oxygens (including phenoxy) is 1. The van der Waals surface area contributed by atoms with Gasteiger partial charge in [-0.3, -0.25) is 4.79 Å². The molecule has 1 aliphatic rings. The fraction of sp³-hybridized carbons (Fsp3) is 0.667. The van der Waals surface area contributed by atoms with Crippen LogP contribution in [-0.2, 0) is 4.79 Å². The smallest absolute Gasteiger partial charge is 0.233 e. The van der Waals surface area contributed by atoms with E-state index >= 15 is 0 Å². The molecule has 1 saturated heterocycles. The molecule has 1 fully saturated rings. The van der Waals surface area contributed by atoms with Crippen LogP contribution in [0.2, 0.25) is 0 Å². The molecule has 0 spiro atoms. The van der Waals surface area contributed by atoms with E-state index in [1.165, 1.54) is 0 Å². The summed E-state index contributed by atoms with van der Waals surface area (Å²) in [5, 5.41) is 9.05. The third kappa shape index (κ3) is 4.83. The van der Waals surface area contributed by atoms with Crippen LogP contribution in [0.1, 0.15) is 25.7 Å². The third-order valence-electron chi connectivity index (χ3n) is 3.63. The van der Waals surface area contributed by atoms with Gasteiger partial charge in [0, 0.05) is 38.5 Å². The van der Waals surface area contributed by atoms with Crippen LogP contribution in [-0.4, -0.2) is 59.6 Å². The fourth-order valence-corrected chi connectivity index (χ4v) is 2.70. The highest BCUT2D eigenvalue weighted by molar-refractivity contribution is 9.09. The number of halogens is 1. The highest BCUT2D eigenvalue weighted by Gasteiger charge is 2.24. The molecular formula is C15H23BrN4O2. The lowest BCUT2D eigenvalue weighted by molar-refractivity contribution is -0.133. The SMILES string of the molecule is CN(C)c1ccc(OC2CCCN(C(=O)CCCBr)C2)nn1. The van der Waals surface area contributed by atoms with Crippen LogP contribution in [0.15, 0.2) is 12.1 Å². The molecule has 1 amide bonds. The summed E-state index contributed by atoms with van der Waals surface area (Å²) in [7, 11) is 3.84. The van der Waals surface area contributed by atoms with Gasteiger partial charge >= 0.3 is 0 Å². The first-order valence-corrected chi connectivity index (χ1v) is 8.73. The monoisotopic (exact) mass is 370 g/mol. The van der Waals surface area contributed by atoms with Crippen LogP contribution in [0.25, 0.3) is 0 Å². The second kappa shape index (κ2) is 8.31. The fourth-order valence-electron chi connectivity index (χ4n) is 2.42. The Bertz CT molecular complexity index is 481. The molecule has 1 unspecified atom stereocenters. The second-order valence-corrected chi connectivity index (χ2v) is 6.43.